The Hall–Kier alpha value is -2.50. The monoisotopic (exact) mass is 412 g/mol. The number of fused-ring (bicyclic) bond motifs is 3. The predicted molar refractivity (Wildman–Crippen MR) is 115 cm³/mol. The molecule has 0 fully saturated rings. The number of nitrogens with one attached hydrogen (secondary N) is 1. The number of hydrogen-bond acceptors (Lipinski definition) is 4. The number of esters is 1. The number of aryl methyl sites for hydroxylation is 1. The molecule has 1 aliphatic carbocycles. The van der Waals surface area contributed by atoms with Gasteiger partial charge in [-0.3, -0.25) is 0 Å². The van der Waals surface area contributed by atoms with E-state index in [0.29, 0.717) is 22.4 Å². The Balaban J connectivity index is 1.52. The van der Waals surface area contributed by atoms with E-state index in [1.165, 1.54) is 23.1 Å². The second-order valence-corrected chi connectivity index (χ2v) is 8.15. The largest absolute Gasteiger partial charge is 0.497 e. The minimum absolute atomic E-state index is 0.203. The van der Waals surface area contributed by atoms with E-state index in [4.69, 9.17) is 21.1 Å². The Bertz CT molecular complexity index is 1060. The van der Waals surface area contributed by atoms with Crippen LogP contribution in [0.1, 0.15) is 33.6 Å². The Morgan fingerprint density at radius 3 is 2.79 bits per heavy atom. The standard InChI is InChI=1S/C23H25ClN2O3/c1-26(2)15-5-9-22-19(11-15)18-10-14(4-8-21(18)25-22)13-29-23(27)17-7-6-16(28-3)12-20(17)24/h4,6-8,10,12,15,25H,5,9,11,13H2,1-3H3. The van der Waals surface area contributed by atoms with E-state index in [-0.39, 0.29) is 6.61 Å². The molecule has 0 aliphatic heterocycles. The lowest BCUT2D eigenvalue weighted by molar-refractivity contribution is 0.0473. The van der Waals surface area contributed by atoms with Crippen molar-refractivity contribution < 1.29 is 14.3 Å². The van der Waals surface area contributed by atoms with Gasteiger partial charge in [-0.1, -0.05) is 17.7 Å². The van der Waals surface area contributed by atoms with Gasteiger partial charge in [-0.25, -0.2) is 4.79 Å². The SMILES string of the molecule is COc1ccc(C(=O)OCc2ccc3[nH]c4c(c3c2)CC(N(C)C)CC4)c(Cl)c1. The summed E-state index contributed by atoms with van der Waals surface area (Å²) < 4.78 is 10.6. The minimum atomic E-state index is -0.443. The summed E-state index contributed by atoms with van der Waals surface area (Å²) in [5, 5.41) is 1.54. The first-order chi connectivity index (χ1) is 14.0. The molecule has 4 rings (SSSR count). The van der Waals surface area contributed by atoms with Crippen molar-refractivity contribution in [3.8, 4) is 5.75 Å². The number of halogens is 1. The van der Waals surface area contributed by atoms with Crippen molar-refractivity contribution in [1.29, 1.82) is 0 Å². The Morgan fingerprint density at radius 2 is 2.07 bits per heavy atom. The molecule has 2 aromatic carbocycles. The molecule has 3 aromatic rings. The number of hydrogen-bond donors (Lipinski definition) is 1. The molecule has 0 saturated heterocycles. The third kappa shape index (κ3) is 3.98. The number of aromatic amines is 1. The molecular formula is C23H25ClN2O3. The number of methoxy groups -OCH3 is 1. The van der Waals surface area contributed by atoms with Gasteiger partial charge in [0.15, 0.2) is 0 Å². The van der Waals surface area contributed by atoms with Crippen LogP contribution in [-0.2, 0) is 24.2 Å². The molecule has 0 spiro atoms. The molecule has 5 nitrogen and oxygen atoms in total. The van der Waals surface area contributed by atoms with Crippen molar-refractivity contribution in [2.45, 2.75) is 31.9 Å². The van der Waals surface area contributed by atoms with Crippen LogP contribution in [0.25, 0.3) is 10.9 Å². The molecule has 1 aliphatic rings. The molecule has 0 bridgehead atoms. The van der Waals surface area contributed by atoms with Crippen LogP contribution in [-0.4, -0.2) is 43.1 Å². The van der Waals surface area contributed by atoms with E-state index in [9.17, 15) is 4.79 Å². The quantitative estimate of drug-likeness (QED) is 0.622. The van der Waals surface area contributed by atoms with Crippen LogP contribution < -0.4 is 4.74 Å². The number of H-pyrrole nitrogens is 1. The minimum Gasteiger partial charge on any atom is -0.497 e. The van der Waals surface area contributed by atoms with Crippen molar-refractivity contribution in [1.82, 2.24) is 9.88 Å². The Kier molecular flexibility index (Phi) is 5.52. The van der Waals surface area contributed by atoms with Crippen molar-refractivity contribution >= 4 is 28.5 Å². The smallest absolute Gasteiger partial charge is 0.339 e. The van der Waals surface area contributed by atoms with E-state index >= 15 is 0 Å². The predicted octanol–water partition coefficient (Wildman–Crippen LogP) is 4.61. The topological polar surface area (TPSA) is 54.6 Å². The zero-order chi connectivity index (χ0) is 20.5. The fourth-order valence-electron chi connectivity index (χ4n) is 3.99. The highest BCUT2D eigenvalue weighted by atomic mass is 35.5. The number of nitrogens with zero attached hydrogens (tertiary/aromatic N) is 1. The third-order valence-electron chi connectivity index (χ3n) is 5.72. The molecule has 1 unspecified atom stereocenters. The van der Waals surface area contributed by atoms with Gasteiger partial charge in [0.1, 0.15) is 12.4 Å². The molecule has 1 atom stereocenters. The number of aromatic nitrogens is 1. The molecule has 1 heterocycles. The summed E-state index contributed by atoms with van der Waals surface area (Å²) in [5.41, 5.74) is 5.15. The first kappa shape index (κ1) is 19.8. The van der Waals surface area contributed by atoms with Crippen molar-refractivity contribution in [2.24, 2.45) is 0 Å². The number of benzene rings is 2. The maximum Gasteiger partial charge on any atom is 0.339 e. The van der Waals surface area contributed by atoms with Gasteiger partial charge in [0.2, 0.25) is 0 Å². The van der Waals surface area contributed by atoms with Crippen molar-refractivity contribution in [2.75, 3.05) is 21.2 Å². The van der Waals surface area contributed by atoms with Gasteiger partial charge in [-0.15, -0.1) is 0 Å². The number of carbonyl (C=O) groups is 1. The van der Waals surface area contributed by atoms with Gasteiger partial charge in [0, 0.05) is 22.6 Å². The maximum atomic E-state index is 12.4. The third-order valence-corrected chi connectivity index (χ3v) is 6.04. The van der Waals surface area contributed by atoms with Gasteiger partial charge >= 0.3 is 5.97 Å². The van der Waals surface area contributed by atoms with E-state index in [1.807, 2.05) is 6.07 Å². The first-order valence-corrected chi connectivity index (χ1v) is 10.1. The van der Waals surface area contributed by atoms with Gasteiger partial charge in [0.25, 0.3) is 0 Å². The summed E-state index contributed by atoms with van der Waals surface area (Å²) in [6.07, 6.45) is 3.26. The lowest BCUT2D eigenvalue weighted by Gasteiger charge is -2.28. The number of carbonyl (C=O) groups excluding carboxylic acids is 1. The lowest BCUT2D eigenvalue weighted by Crippen LogP contribution is -2.33. The second kappa shape index (κ2) is 8.09. The fraction of sp³-hybridized carbons (Fsp3) is 0.348. The lowest BCUT2D eigenvalue weighted by atomic mass is 9.90. The number of rotatable bonds is 5. The van der Waals surface area contributed by atoms with Crippen LogP contribution in [0.4, 0.5) is 0 Å². The zero-order valence-electron chi connectivity index (χ0n) is 16.9. The van der Waals surface area contributed by atoms with Crippen molar-refractivity contribution in [3.63, 3.8) is 0 Å². The van der Waals surface area contributed by atoms with Gasteiger partial charge in [-0.2, -0.15) is 0 Å². The highest BCUT2D eigenvalue weighted by Crippen LogP contribution is 2.31. The summed E-state index contributed by atoms with van der Waals surface area (Å²) in [4.78, 5) is 18.3. The van der Waals surface area contributed by atoms with E-state index < -0.39 is 5.97 Å². The van der Waals surface area contributed by atoms with E-state index in [2.05, 4.69) is 36.1 Å². The summed E-state index contributed by atoms with van der Waals surface area (Å²) in [7, 11) is 5.83. The average Bonchev–Trinajstić information content (AvgIpc) is 3.09. The van der Waals surface area contributed by atoms with Crippen LogP contribution in [0.15, 0.2) is 36.4 Å². The van der Waals surface area contributed by atoms with Crippen LogP contribution >= 0.6 is 11.6 Å². The molecule has 0 saturated carbocycles. The summed E-state index contributed by atoms with van der Waals surface area (Å²) in [6, 6.07) is 11.7. The molecule has 1 aromatic heterocycles. The molecule has 29 heavy (non-hydrogen) atoms. The van der Waals surface area contributed by atoms with Crippen molar-refractivity contribution in [3.05, 3.63) is 63.8 Å². The van der Waals surface area contributed by atoms with Gasteiger partial charge < -0.3 is 19.4 Å². The van der Waals surface area contributed by atoms with E-state index in [1.54, 1.807) is 25.3 Å². The fourth-order valence-corrected chi connectivity index (χ4v) is 4.24. The number of likely N-dealkylation sites (N-methyl/N-ethyl adjacent to an activating group) is 1. The normalized spacial score (nSPS) is 16.1. The first-order valence-electron chi connectivity index (χ1n) is 9.75. The Labute approximate surface area is 175 Å². The summed E-state index contributed by atoms with van der Waals surface area (Å²) >= 11 is 6.18. The molecule has 152 valence electrons. The molecule has 6 heteroatoms. The second-order valence-electron chi connectivity index (χ2n) is 7.74. The van der Waals surface area contributed by atoms with Crippen LogP contribution in [0, 0.1) is 0 Å². The van der Waals surface area contributed by atoms with Crippen LogP contribution in [0.3, 0.4) is 0 Å². The highest BCUT2D eigenvalue weighted by molar-refractivity contribution is 6.33. The molecule has 1 N–H and O–H groups in total. The Morgan fingerprint density at radius 1 is 1.24 bits per heavy atom. The number of ether oxygens (including phenoxy) is 2. The summed E-state index contributed by atoms with van der Waals surface area (Å²) in [5.74, 6) is 0.159. The summed E-state index contributed by atoms with van der Waals surface area (Å²) in [6.45, 7) is 0.203. The molecule has 0 amide bonds. The highest BCUT2D eigenvalue weighted by Gasteiger charge is 2.24. The van der Waals surface area contributed by atoms with Crippen LogP contribution in [0.5, 0.6) is 5.75 Å². The molecule has 0 radical (unpaired) electrons. The zero-order valence-corrected chi connectivity index (χ0v) is 17.7. The van der Waals surface area contributed by atoms with E-state index in [0.717, 1.165) is 23.9 Å². The average molecular weight is 413 g/mol. The van der Waals surface area contributed by atoms with Gasteiger partial charge in [-0.05, 0) is 74.8 Å². The maximum absolute atomic E-state index is 12.4. The van der Waals surface area contributed by atoms with Crippen LogP contribution in [0.2, 0.25) is 5.02 Å². The molecular weight excluding hydrogens is 388 g/mol. The van der Waals surface area contributed by atoms with Gasteiger partial charge in [0.05, 0.1) is 17.7 Å².